The van der Waals surface area contributed by atoms with Crippen LogP contribution in [0.3, 0.4) is 0 Å². The summed E-state index contributed by atoms with van der Waals surface area (Å²) >= 11 is 0. The fourth-order valence-electron chi connectivity index (χ4n) is 3.91. The van der Waals surface area contributed by atoms with Gasteiger partial charge in [0.05, 0.1) is 12.6 Å². The van der Waals surface area contributed by atoms with E-state index >= 15 is 0 Å². The number of ether oxygens (including phenoxy) is 2. The third-order valence-corrected chi connectivity index (χ3v) is 5.45. The predicted octanol–water partition coefficient (Wildman–Crippen LogP) is 1.23. The van der Waals surface area contributed by atoms with Gasteiger partial charge in [-0.05, 0) is 34.1 Å². The molecular weight excluding hydrogens is 452 g/mol. The van der Waals surface area contributed by atoms with Crippen molar-refractivity contribution in [2.45, 2.75) is 58.8 Å². The molecule has 190 valence electrons. The predicted molar refractivity (Wildman–Crippen MR) is 134 cm³/mol. The molecule has 0 aromatic carbocycles. The van der Waals surface area contributed by atoms with Crippen molar-refractivity contribution in [3.8, 4) is 11.8 Å². The van der Waals surface area contributed by atoms with Gasteiger partial charge in [0.25, 0.3) is 5.56 Å². The summed E-state index contributed by atoms with van der Waals surface area (Å²) in [6, 6.07) is -0.321. The Labute approximate surface area is 204 Å². The molecule has 0 fully saturated rings. The molecule has 3 heterocycles. The molecule has 0 aliphatic carbocycles. The zero-order chi connectivity index (χ0) is 25.8. The number of hydrogen-bond acceptors (Lipinski definition) is 7. The first-order valence-electron chi connectivity index (χ1n) is 11.6. The normalized spacial score (nSPS) is 15.7. The van der Waals surface area contributed by atoms with Crippen LogP contribution >= 0.6 is 0 Å². The number of aryl methyl sites for hydroxylation is 1. The van der Waals surface area contributed by atoms with Crippen LogP contribution in [-0.2, 0) is 29.6 Å². The first-order valence-corrected chi connectivity index (χ1v) is 11.6. The molecule has 3 rings (SSSR count). The Morgan fingerprint density at radius 3 is 2.69 bits per heavy atom. The zero-order valence-corrected chi connectivity index (χ0v) is 21.3. The number of fused-ring (bicyclic) bond motifs is 1. The molecule has 1 unspecified atom stereocenters. The van der Waals surface area contributed by atoms with Crippen molar-refractivity contribution in [1.29, 1.82) is 0 Å². The summed E-state index contributed by atoms with van der Waals surface area (Å²) in [5.74, 6) is 6.37. The van der Waals surface area contributed by atoms with Crippen LogP contribution < -0.4 is 21.5 Å². The zero-order valence-electron chi connectivity index (χ0n) is 21.3. The molecule has 1 amide bonds. The molecule has 0 spiro atoms. The Hall–Kier alpha value is -3.52. The molecular formula is C24H34N6O5. The number of anilines is 1. The fourth-order valence-corrected chi connectivity index (χ4v) is 3.91. The van der Waals surface area contributed by atoms with Crippen LogP contribution in [0.4, 0.5) is 10.7 Å². The van der Waals surface area contributed by atoms with E-state index in [4.69, 9.17) is 9.47 Å². The van der Waals surface area contributed by atoms with E-state index in [1.165, 1.54) is 9.13 Å². The molecule has 0 saturated heterocycles. The van der Waals surface area contributed by atoms with Gasteiger partial charge in [-0.2, -0.15) is 4.98 Å². The SMILES string of the molecule is CC#CCn1c(N2CC=CC(NC(=O)OC(C)(C)C)C2)nc2c1c(=O)n(CCCOC)c(=O)n2C. The number of rotatable bonds is 7. The molecule has 0 radical (unpaired) electrons. The highest BCUT2D eigenvalue weighted by atomic mass is 16.6. The number of amides is 1. The largest absolute Gasteiger partial charge is 0.444 e. The van der Waals surface area contributed by atoms with Gasteiger partial charge in [0.15, 0.2) is 11.2 Å². The number of alkyl carbamates (subject to hydrolysis) is 1. The van der Waals surface area contributed by atoms with Crippen LogP contribution in [-0.4, -0.2) is 63.2 Å². The van der Waals surface area contributed by atoms with Gasteiger partial charge in [-0.1, -0.05) is 18.1 Å². The minimum Gasteiger partial charge on any atom is -0.444 e. The third-order valence-electron chi connectivity index (χ3n) is 5.45. The van der Waals surface area contributed by atoms with E-state index in [0.717, 1.165) is 0 Å². The van der Waals surface area contributed by atoms with Crippen molar-refractivity contribution in [3.63, 3.8) is 0 Å². The molecule has 0 bridgehead atoms. The maximum Gasteiger partial charge on any atom is 0.408 e. The van der Waals surface area contributed by atoms with Crippen molar-refractivity contribution < 1.29 is 14.3 Å². The molecule has 1 aliphatic heterocycles. The molecule has 2 aromatic heterocycles. The number of imidazole rings is 1. The summed E-state index contributed by atoms with van der Waals surface area (Å²) in [4.78, 5) is 45.2. The minimum atomic E-state index is -0.608. The van der Waals surface area contributed by atoms with E-state index in [1.54, 1.807) is 46.4 Å². The molecule has 11 nitrogen and oxygen atoms in total. The molecule has 1 aliphatic rings. The van der Waals surface area contributed by atoms with E-state index in [-0.39, 0.29) is 19.1 Å². The van der Waals surface area contributed by atoms with Crippen molar-refractivity contribution in [2.24, 2.45) is 7.05 Å². The Kier molecular flexibility index (Phi) is 8.07. The third kappa shape index (κ3) is 5.95. The topological polar surface area (TPSA) is 113 Å². The summed E-state index contributed by atoms with van der Waals surface area (Å²) in [5, 5.41) is 2.85. The van der Waals surface area contributed by atoms with Crippen LogP contribution in [0.15, 0.2) is 21.7 Å². The fraction of sp³-hybridized carbons (Fsp3) is 0.583. The molecule has 11 heteroatoms. The average Bonchev–Trinajstić information content (AvgIpc) is 3.17. The van der Waals surface area contributed by atoms with Crippen molar-refractivity contribution in [3.05, 3.63) is 33.0 Å². The van der Waals surface area contributed by atoms with Crippen molar-refractivity contribution >= 4 is 23.2 Å². The number of carbonyl (C=O) groups excluding carboxylic acids is 1. The van der Waals surface area contributed by atoms with Crippen LogP contribution in [0.25, 0.3) is 11.2 Å². The number of nitrogens with zero attached hydrogens (tertiary/aromatic N) is 5. The maximum atomic E-state index is 13.4. The van der Waals surface area contributed by atoms with Gasteiger partial charge in [0, 0.05) is 40.4 Å². The molecule has 1 atom stereocenters. The first kappa shape index (κ1) is 26.1. The van der Waals surface area contributed by atoms with Gasteiger partial charge in [-0.15, -0.1) is 5.92 Å². The summed E-state index contributed by atoms with van der Waals surface area (Å²) in [6.45, 7) is 8.98. The van der Waals surface area contributed by atoms with Gasteiger partial charge < -0.3 is 19.7 Å². The van der Waals surface area contributed by atoms with E-state index in [2.05, 4.69) is 22.1 Å². The first-order chi connectivity index (χ1) is 16.6. The lowest BCUT2D eigenvalue weighted by Crippen LogP contribution is -2.47. The van der Waals surface area contributed by atoms with Gasteiger partial charge in [-0.3, -0.25) is 18.5 Å². The maximum absolute atomic E-state index is 13.4. The number of aromatic nitrogens is 4. The van der Waals surface area contributed by atoms with Crippen LogP contribution in [0.2, 0.25) is 0 Å². The standard InChI is InChI=1S/C24H34N6O5/c1-7-8-13-29-18-19(27(5)23(33)30(20(18)31)14-10-15-34-6)26-21(29)28-12-9-11-17(16-28)25-22(32)35-24(2,3)4/h9,11,17H,10,12-16H2,1-6H3,(H,25,32). The number of carbonyl (C=O) groups is 1. The number of methoxy groups -OCH3 is 1. The second kappa shape index (κ2) is 10.8. The lowest BCUT2D eigenvalue weighted by Gasteiger charge is -2.31. The van der Waals surface area contributed by atoms with E-state index in [0.29, 0.717) is 43.2 Å². The van der Waals surface area contributed by atoms with Crippen LogP contribution in [0, 0.1) is 11.8 Å². The van der Waals surface area contributed by atoms with Gasteiger partial charge in [0.2, 0.25) is 5.95 Å². The average molecular weight is 487 g/mol. The Morgan fingerprint density at radius 1 is 1.29 bits per heavy atom. The van der Waals surface area contributed by atoms with Crippen LogP contribution in [0.5, 0.6) is 0 Å². The number of hydrogen-bond donors (Lipinski definition) is 1. The summed E-state index contributed by atoms with van der Waals surface area (Å²) in [6.07, 6.45) is 3.84. The summed E-state index contributed by atoms with van der Waals surface area (Å²) in [7, 11) is 3.18. The van der Waals surface area contributed by atoms with Gasteiger partial charge >= 0.3 is 11.8 Å². The van der Waals surface area contributed by atoms with E-state index < -0.39 is 22.9 Å². The quantitative estimate of drug-likeness (QED) is 0.356. The highest BCUT2D eigenvalue weighted by Gasteiger charge is 2.27. The second-order valence-electron chi connectivity index (χ2n) is 9.33. The van der Waals surface area contributed by atoms with Gasteiger partial charge in [-0.25, -0.2) is 9.59 Å². The second-order valence-corrected chi connectivity index (χ2v) is 9.33. The Balaban J connectivity index is 2.02. The van der Waals surface area contributed by atoms with Crippen LogP contribution in [0.1, 0.15) is 34.1 Å². The Morgan fingerprint density at radius 2 is 2.03 bits per heavy atom. The van der Waals surface area contributed by atoms with E-state index in [1.807, 2.05) is 17.1 Å². The summed E-state index contributed by atoms with van der Waals surface area (Å²) < 4.78 is 14.8. The molecule has 35 heavy (non-hydrogen) atoms. The lowest BCUT2D eigenvalue weighted by molar-refractivity contribution is 0.0515. The summed E-state index contributed by atoms with van der Waals surface area (Å²) in [5.41, 5.74) is -0.843. The monoisotopic (exact) mass is 486 g/mol. The molecule has 2 aromatic rings. The molecule has 1 N–H and O–H groups in total. The molecule has 0 saturated carbocycles. The smallest absolute Gasteiger partial charge is 0.408 e. The van der Waals surface area contributed by atoms with Crippen molar-refractivity contribution in [2.75, 3.05) is 31.7 Å². The van der Waals surface area contributed by atoms with E-state index in [9.17, 15) is 14.4 Å². The lowest BCUT2D eigenvalue weighted by atomic mass is 10.2. The minimum absolute atomic E-state index is 0.234. The highest BCUT2D eigenvalue weighted by Crippen LogP contribution is 2.21. The highest BCUT2D eigenvalue weighted by molar-refractivity contribution is 5.75. The van der Waals surface area contributed by atoms with Crippen molar-refractivity contribution in [1.82, 2.24) is 24.0 Å². The number of nitrogens with one attached hydrogen (secondary N) is 1. The van der Waals surface area contributed by atoms with Gasteiger partial charge in [0.1, 0.15) is 5.60 Å². The Bertz CT molecular complexity index is 1280.